The molecule has 0 saturated heterocycles. The first kappa shape index (κ1) is 14.8. The van der Waals surface area contributed by atoms with Crippen LogP contribution in [0.2, 0.25) is 0 Å². The molecular weight excluding hydrogens is 272 g/mol. The molecule has 0 spiro atoms. The van der Waals surface area contributed by atoms with Gasteiger partial charge in [-0.1, -0.05) is 24.3 Å². The molecule has 0 saturated carbocycles. The van der Waals surface area contributed by atoms with Crippen LogP contribution in [-0.2, 0) is 14.3 Å². The van der Waals surface area contributed by atoms with Gasteiger partial charge in [-0.05, 0) is 20.8 Å². The van der Waals surface area contributed by atoms with Crippen molar-refractivity contribution in [3.05, 3.63) is 47.0 Å². The molecule has 0 fully saturated rings. The van der Waals surface area contributed by atoms with Gasteiger partial charge in [0, 0.05) is 17.2 Å². The largest absolute Gasteiger partial charge is 0.507 e. The number of ketones is 1. The van der Waals surface area contributed by atoms with Gasteiger partial charge in [-0.25, -0.2) is 4.79 Å². The Morgan fingerprint density at radius 1 is 1.05 bits per heavy atom. The lowest BCUT2D eigenvalue weighted by atomic mass is 10.1. The van der Waals surface area contributed by atoms with Crippen LogP contribution in [0.5, 0.6) is 0 Å². The zero-order chi connectivity index (χ0) is 15.8. The Morgan fingerprint density at radius 2 is 1.57 bits per heavy atom. The monoisotopic (exact) mass is 288 g/mol. The van der Waals surface area contributed by atoms with Crippen LogP contribution in [0.1, 0.15) is 31.9 Å². The summed E-state index contributed by atoms with van der Waals surface area (Å²) < 4.78 is 5.14. The van der Waals surface area contributed by atoms with E-state index in [4.69, 9.17) is 4.74 Å². The highest BCUT2D eigenvalue weighted by Crippen LogP contribution is 2.25. The van der Waals surface area contributed by atoms with Gasteiger partial charge in [-0.3, -0.25) is 4.79 Å². The fraction of sp³-hybridized carbons (Fsp3) is 0.250. The van der Waals surface area contributed by atoms with Crippen molar-refractivity contribution in [2.75, 3.05) is 0 Å². The highest BCUT2D eigenvalue weighted by Gasteiger charge is 2.29. The number of rotatable bonds is 1. The number of aliphatic hydroxyl groups is 2. The fourth-order valence-electron chi connectivity index (χ4n) is 1.87. The average molecular weight is 288 g/mol. The van der Waals surface area contributed by atoms with Crippen molar-refractivity contribution in [3.63, 3.8) is 0 Å². The Labute approximate surface area is 122 Å². The Kier molecular flexibility index (Phi) is 3.60. The summed E-state index contributed by atoms with van der Waals surface area (Å²) in [4.78, 5) is 24.3. The number of esters is 1. The number of carbonyl (C=O) groups is 2. The van der Waals surface area contributed by atoms with Crippen LogP contribution < -0.4 is 0 Å². The van der Waals surface area contributed by atoms with E-state index in [2.05, 4.69) is 0 Å². The van der Waals surface area contributed by atoms with Crippen LogP contribution in [0.15, 0.2) is 35.9 Å². The SMILES string of the molecule is CC(C)(C)OC(=O)C1=C(O)c2ccc(cc2)C(O)=CC1=O. The standard InChI is InChI=1S/C16H16O5/c1-16(2,3)21-15(20)13-12(18)8-11(17)9-4-6-10(7-5-9)14(13)19/h4-8,17,19H,1-3H3. The topological polar surface area (TPSA) is 83.8 Å². The first-order chi connectivity index (χ1) is 9.69. The minimum Gasteiger partial charge on any atom is -0.507 e. The van der Waals surface area contributed by atoms with Gasteiger partial charge in [-0.15, -0.1) is 0 Å². The highest BCUT2D eigenvalue weighted by atomic mass is 16.6. The minimum absolute atomic E-state index is 0.276. The number of benzene rings is 1. The minimum atomic E-state index is -0.932. The van der Waals surface area contributed by atoms with Crippen molar-refractivity contribution in [1.29, 1.82) is 0 Å². The number of hydrogen-bond donors (Lipinski definition) is 2. The molecule has 2 aliphatic carbocycles. The van der Waals surface area contributed by atoms with E-state index in [0.29, 0.717) is 11.1 Å². The van der Waals surface area contributed by atoms with Crippen molar-refractivity contribution in [2.45, 2.75) is 26.4 Å². The van der Waals surface area contributed by atoms with Gasteiger partial charge in [0.1, 0.15) is 22.7 Å². The van der Waals surface area contributed by atoms with Crippen LogP contribution in [0, 0.1) is 0 Å². The summed E-state index contributed by atoms with van der Waals surface area (Å²) >= 11 is 0. The van der Waals surface area contributed by atoms with E-state index in [-0.39, 0.29) is 5.76 Å². The number of hydrogen-bond acceptors (Lipinski definition) is 5. The van der Waals surface area contributed by atoms with Gasteiger partial charge in [0.15, 0.2) is 0 Å². The maximum absolute atomic E-state index is 12.2. The second-order valence-corrected chi connectivity index (χ2v) is 5.70. The molecule has 5 nitrogen and oxygen atoms in total. The molecule has 21 heavy (non-hydrogen) atoms. The van der Waals surface area contributed by atoms with Crippen molar-refractivity contribution >= 4 is 23.3 Å². The molecule has 0 atom stereocenters. The maximum atomic E-state index is 12.2. The van der Waals surface area contributed by atoms with Crippen molar-refractivity contribution in [3.8, 4) is 0 Å². The summed E-state index contributed by atoms with van der Waals surface area (Å²) in [5.41, 5.74) is -0.580. The van der Waals surface area contributed by atoms with Crippen LogP contribution in [0.4, 0.5) is 0 Å². The van der Waals surface area contributed by atoms with Gasteiger partial charge in [0.25, 0.3) is 0 Å². The van der Waals surface area contributed by atoms with Crippen LogP contribution in [0.25, 0.3) is 11.5 Å². The molecular formula is C16H16O5. The summed E-state index contributed by atoms with van der Waals surface area (Å²) in [6.45, 7) is 4.97. The number of carbonyl (C=O) groups excluding carboxylic acids is 2. The second kappa shape index (κ2) is 5.09. The highest BCUT2D eigenvalue weighted by molar-refractivity contribution is 6.27. The van der Waals surface area contributed by atoms with Crippen LogP contribution in [0.3, 0.4) is 0 Å². The Hall–Kier alpha value is -2.56. The third-order valence-corrected chi connectivity index (χ3v) is 2.81. The number of ether oxygens (including phenoxy) is 1. The van der Waals surface area contributed by atoms with E-state index in [1.807, 2.05) is 0 Å². The van der Waals surface area contributed by atoms with E-state index < -0.39 is 28.7 Å². The zero-order valence-electron chi connectivity index (χ0n) is 12.0. The predicted molar refractivity (Wildman–Crippen MR) is 77.4 cm³/mol. The summed E-state index contributed by atoms with van der Waals surface area (Å²) in [7, 11) is 0. The quantitative estimate of drug-likeness (QED) is 0.613. The number of fused-ring (bicyclic) bond motifs is 4. The molecule has 1 aromatic carbocycles. The second-order valence-electron chi connectivity index (χ2n) is 5.70. The van der Waals surface area contributed by atoms with Gasteiger partial charge in [0.2, 0.25) is 5.78 Å². The molecule has 2 aliphatic rings. The Bertz CT molecular complexity index is 657. The molecule has 0 heterocycles. The molecule has 3 rings (SSSR count). The van der Waals surface area contributed by atoms with Gasteiger partial charge in [-0.2, -0.15) is 0 Å². The fourth-order valence-corrected chi connectivity index (χ4v) is 1.87. The Morgan fingerprint density at radius 3 is 2.10 bits per heavy atom. The molecule has 2 bridgehead atoms. The first-order valence-corrected chi connectivity index (χ1v) is 6.41. The lowest BCUT2D eigenvalue weighted by Crippen LogP contribution is -2.27. The lowest BCUT2D eigenvalue weighted by Gasteiger charge is -2.20. The van der Waals surface area contributed by atoms with E-state index in [1.165, 1.54) is 12.1 Å². The van der Waals surface area contributed by atoms with E-state index in [1.54, 1.807) is 32.9 Å². The molecule has 5 heteroatoms. The van der Waals surface area contributed by atoms with E-state index in [9.17, 15) is 19.8 Å². The molecule has 0 aliphatic heterocycles. The lowest BCUT2D eigenvalue weighted by molar-refractivity contribution is -0.150. The number of aliphatic hydroxyl groups excluding tert-OH is 2. The predicted octanol–water partition coefficient (Wildman–Crippen LogP) is 2.78. The molecule has 0 amide bonds. The Balaban J connectivity index is 2.58. The van der Waals surface area contributed by atoms with Crippen LogP contribution >= 0.6 is 0 Å². The van der Waals surface area contributed by atoms with Crippen molar-refractivity contribution in [1.82, 2.24) is 0 Å². The van der Waals surface area contributed by atoms with Crippen molar-refractivity contribution < 1.29 is 24.5 Å². The maximum Gasteiger partial charge on any atom is 0.346 e. The van der Waals surface area contributed by atoms with Gasteiger partial charge >= 0.3 is 5.97 Å². The first-order valence-electron chi connectivity index (χ1n) is 6.41. The third kappa shape index (κ3) is 3.13. The van der Waals surface area contributed by atoms with Crippen LogP contribution in [-0.4, -0.2) is 27.6 Å². The summed E-state index contributed by atoms with van der Waals surface area (Å²) in [5.74, 6) is -2.48. The molecule has 0 radical (unpaired) electrons. The zero-order valence-corrected chi connectivity index (χ0v) is 12.0. The molecule has 110 valence electrons. The molecule has 1 aromatic rings. The summed E-state index contributed by atoms with van der Waals surface area (Å²) in [6.07, 6.45) is 0.897. The van der Waals surface area contributed by atoms with Crippen molar-refractivity contribution in [2.24, 2.45) is 0 Å². The number of allylic oxidation sites excluding steroid dienone is 1. The van der Waals surface area contributed by atoms with Gasteiger partial charge in [0.05, 0.1) is 0 Å². The molecule has 2 N–H and O–H groups in total. The third-order valence-electron chi connectivity index (χ3n) is 2.81. The summed E-state index contributed by atoms with van der Waals surface area (Å²) in [5, 5.41) is 20.1. The average Bonchev–Trinajstić information content (AvgIpc) is 2.42. The molecule has 0 aromatic heterocycles. The van der Waals surface area contributed by atoms with E-state index in [0.717, 1.165) is 6.08 Å². The normalized spacial score (nSPS) is 15.2. The van der Waals surface area contributed by atoms with Gasteiger partial charge < -0.3 is 14.9 Å². The summed E-state index contributed by atoms with van der Waals surface area (Å²) in [6, 6.07) is 6.11. The van der Waals surface area contributed by atoms with E-state index >= 15 is 0 Å². The molecule has 0 unspecified atom stereocenters. The smallest absolute Gasteiger partial charge is 0.346 e.